The first-order chi connectivity index (χ1) is 9.31. The van der Waals surface area contributed by atoms with Gasteiger partial charge >= 0.3 is 0 Å². The molecule has 102 valence electrons. The van der Waals surface area contributed by atoms with Crippen LogP contribution in [-0.4, -0.2) is 35.8 Å². The van der Waals surface area contributed by atoms with Gasteiger partial charge in [-0.3, -0.25) is 4.79 Å². The van der Waals surface area contributed by atoms with E-state index in [-0.39, 0.29) is 17.4 Å². The molecule has 0 spiro atoms. The van der Waals surface area contributed by atoms with Crippen molar-refractivity contribution in [2.75, 3.05) is 18.9 Å². The Morgan fingerprint density at radius 1 is 1.42 bits per heavy atom. The van der Waals surface area contributed by atoms with Gasteiger partial charge in [-0.25, -0.2) is 0 Å². The van der Waals surface area contributed by atoms with E-state index in [2.05, 4.69) is 13.0 Å². The summed E-state index contributed by atoms with van der Waals surface area (Å²) in [5.74, 6) is 1.17. The summed E-state index contributed by atoms with van der Waals surface area (Å²) in [6, 6.07) is 7.98. The van der Waals surface area contributed by atoms with Crippen molar-refractivity contribution in [3.8, 4) is 0 Å². The molecule has 3 rings (SSSR count). The van der Waals surface area contributed by atoms with Gasteiger partial charge in [-0.2, -0.15) is 0 Å². The third-order valence-electron chi connectivity index (χ3n) is 3.75. The summed E-state index contributed by atoms with van der Waals surface area (Å²) in [7, 11) is 0. The molecular weight excluding hydrogens is 258 g/mol. The van der Waals surface area contributed by atoms with Crippen LogP contribution in [0.2, 0.25) is 0 Å². The molecule has 0 bridgehead atoms. The number of ether oxygens (including phenoxy) is 1. The highest BCUT2D eigenvalue weighted by molar-refractivity contribution is 7.99. The van der Waals surface area contributed by atoms with E-state index >= 15 is 0 Å². The zero-order valence-electron chi connectivity index (χ0n) is 11.2. The average Bonchev–Trinajstić information content (AvgIpc) is 3.02. The summed E-state index contributed by atoms with van der Waals surface area (Å²) in [6.07, 6.45) is 2.41. The fraction of sp³-hybridized carbons (Fsp3) is 0.533. The molecule has 2 atom stereocenters. The molecule has 1 fully saturated rings. The number of carbonyl (C=O) groups excluding carboxylic acids is 1. The van der Waals surface area contributed by atoms with E-state index in [0.29, 0.717) is 0 Å². The van der Waals surface area contributed by atoms with Crippen LogP contribution in [0.25, 0.3) is 0 Å². The second-order valence-electron chi connectivity index (χ2n) is 4.99. The summed E-state index contributed by atoms with van der Waals surface area (Å²) in [4.78, 5) is 14.5. The highest BCUT2D eigenvalue weighted by Crippen LogP contribution is 2.41. The van der Waals surface area contributed by atoms with E-state index in [1.807, 2.05) is 34.9 Å². The Morgan fingerprint density at radius 3 is 3.00 bits per heavy atom. The lowest BCUT2D eigenvalue weighted by Crippen LogP contribution is -2.34. The molecule has 1 saturated heterocycles. The summed E-state index contributed by atoms with van der Waals surface area (Å²) in [6.45, 7) is 3.71. The van der Waals surface area contributed by atoms with Crippen LogP contribution < -0.4 is 0 Å². The van der Waals surface area contributed by atoms with Gasteiger partial charge in [-0.1, -0.05) is 25.1 Å². The van der Waals surface area contributed by atoms with Gasteiger partial charge in [-0.05, 0) is 30.2 Å². The Balaban J connectivity index is 1.84. The van der Waals surface area contributed by atoms with E-state index in [1.165, 1.54) is 0 Å². The molecule has 1 aromatic carbocycles. The topological polar surface area (TPSA) is 29.5 Å². The Kier molecular flexibility index (Phi) is 3.80. The molecule has 1 amide bonds. The Morgan fingerprint density at radius 2 is 2.26 bits per heavy atom. The zero-order chi connectivity index (χ0) is 13.2. The monoisotopic (exact) mass is 277 g/mol. The second kappa shape index (κ2) is 5.55. The van der Waals surface area contributed by atoms with Gasteiger partial charge in [0.15, 0.2) is 0 Å². The smallest absolute Gasteiger partial charge is 0.255 e. The van der Waals surface area contributed by atoms with Crippen LogP contribution in [0.1, 0.15) is 41.1 Å². The fourth-order valence-corrected chi connectivity index (χ4v) is 3.92. The van der Waals surface area contributed by atoms with Crippen LogP contribution >= 0.6 is 11.8 Å². The molecule has 0 N–H and O–H groups in total. The van der Waals surface area contributed by atoms with Gasteiger partial charge in [-0.15, -0.1) is 11.8 Å². The molecule has 2 aliphatic heterocycles. The fourth-order valence-electron chi connectivity index (χ4n) is 2.86. The third-order valence-corrected chi connectivity index (χ3v) is 4.91. The van der Waals surface area contributed by atoms with E-state index in [1.54, 1.807) is 0 Å². The summed E-state index contributed by atoms with van der Waals surface area (Å²) in [5, 5.41) is 0.165. The van der Waals surface area contributed by atoms with E-state index < -0.39 is 0 Å². The number of amides is 1. The van der Waals surface area contributed by atoms with Crippen molar-refractivity contribution in [3.05, 3.63) is 35.4 Å². The second-order valence-corrected chi connectivity index (χ2v) is 6.34. The Bertz CT molecular complexity index is 471. The van der Waals surface area contributed by atoms with Crippen molar-refractivity contribution in [1.29, 1.82) is 0 Å². The highest BCUT2D eigenvalue weighted by Gasteiger charge is 2.38. The maximum atomic E-state index is 12.5. The van der Waals surface area contributed by atoms with E-state index in [9.17, 15) is 4.79 Å². The standard InChI is InChI=1S/C15H19NO2S/c1-2-19-15-13-8-4-3-7-12(13)14(17)16(15)10-11-6-5-9-18-11/h3-4,7-8,11,15H,2,5-6,9-10H2,1H3/t11-,15-/m1/s1. The van der Waals surface area contributed by atoms with Crippen LogP contribution in [0.15, 0.2) is 24.3 Å². The number of hydrogen-bond acceptors (Lipinski definition) is 3. The molecule has 0 saturated carbocycles. The minimum atomic E-state index is 0.164. The van der Waals surface area contributed by atoms with Crippen molar-refractivity contribution >= 4 is 17.7 Å². The van der Waals surface area contributed by atoms with Crippen LogP contribution in [0.4, 0.5) is 0 Å². The molecule has 0 aromatic heterocycles. The normalized spacial score (nSPS) is 25.9. The summed E-state index contributed by atoms with van der Waals surface area (Å²) in [5.41, 5.74) is 2.03. The van der Waals surface area contributed by atoms with Crippen molar-refractivity contribution in [2.45, 2.75) is 31.2 Å². The molecule has 4 heteroatoms. The summed E-state index contributed by atoms with van der Waals surface area (Å²) >= 11 is 1.83. The maximum Gasteiger partial charge on any atom is 0.255 e. The van der Waals surface area contributed by atoms with Crippen molar-refractivity contribution in [2.24, 2.45) is 0 Å². The number of carbonyl (C=O) groups is 1. The van der Waals surface area contributed by atoms with Gasteiger partial charge in [0, 0.05) is 18.7 Å². The molecule has 19 heavy (non-hydrogen) atoms. The first kappa shape index (κ1) is 13.0. The van der Waals surface area contributed by atoms with E-state index in [4.69, 9.17) is 4.74 Å². The number of rotatable bonds is 4. The number of thioether (sulfide) groups is 1. The Hall–Kier alpha value is -1.00. The van der Waals surface area contributed by atoms with Gasteiger partial charge < -0.3 is 9.64 Å². The van der Waals surface area contributed by atoms with Crippen molar-refractivity contribution in [1.82, 2.24) is 4.90 Å². The molecule has 0 unspecified atom stereocenters. The first-order valence-corrected chi connectivity index (χ1v) is 7.99. The lowest BCUT2D eigenvalue weighted by molar-refractivity contribution is 0.0537. The van der Waals surface area contributed by atoms with Crippen LogP contribution in [0.3, 0.4) is 0 Å². The molecule has 0 radical (unpaired) electrons. The van der Waals surface area contributed by atoms with Crippen LogP contribution in [-0.2, 0) is 4.74 Å². The molecule has 1 aromatic rings. The van der Waals surface area contributed by atoms with Crippen molar-refractivity contribution in [3.63, 3.8) is 0 Å². The maximum absolute atomic E-state index is 12.5. The SMILES string of the molecule is CCS[C@@H]1c2ccccc2C(=O)N1C[C@H]1CCCO1. The average molecular weight is 277 g/mol. The zero-order valence-corrected chi connectivity index (χ0v) is 12.0. The molecule has 2 aliphatic rings. The lowest BCUT2D eigenvalue weighted by atomic mass is 10.1. The van der Waals surface area contributed by atoms with Gasteiger partial charge in [0.1, 0.15) is 5.37 Å². The minimum Gasteiger partial charge on any atom is -0.376 e. The molecular formula is C15H19NO2S. The predicted molar refractivity (Wildman–Crippen MR) is 77.3 cm³/mol. The minimum absolute atomic E-state index is 0.164. The third kappa shape index (κ3) is 2.39. The summed E-state index contributed by atoms with van der Waals surface area (Å²) < 4.78 is 5.69. The molecule has 2 heterocycles. The van der Waals surface area contributed by atoms with Crippen LogP contribution in [0.5, 0.6) is 0 Å². The van der Waals surface area contributed by atoms with Gasteiger partial charge in [0.25, 0.3) is 5.91 Å². The Labute approximate surface area is 118 Å². The lowest BCUT2D eigenvalue weighted by Gasteiger charge is -2.27. The highest BCUT2D eigenvalue weighted by atomic mass is 32.2. The van der Waals surface area contributed by atoms with Gasteiger partial charge in [0.05, 0.1) is 6.10 Å². The number of hydrogen-bond donors (Lipinski definition) is 0. The molecule has 3 nitrogen and oxygen atoms in total. The first-order valence-electron chi connectivity index (χ1n) is 6.94. The quantitative estimate of drug-likeness (QED) is 0.847. The largest absolute Gasteiger partial charge is 0.376 e. The molecule has 0 aliphatic carbocycles. The number of fused-ring (bicyclic) bond motifs is 1. The predicted octanol–water partition coefficient (Wildman–Crippen LogP) is 3.07. The van der Waals surface area contributed by atoms with E-state index in [0.717, 1.165) is 42.9 Å². The van der Waals surface area contributed by atoms with Gasteiger partial charge in [0.2, 0.25) is 0 Å². The number of nitrogens with zero attached hydrogens (tertiary/aromatic N) is 1. The van der Waals surface area contributed by atoms with Crippen LogP contribution in [0, 0.1) is 0 Å². The number of benzene rings is 1. The van der Waals surface area contributed by atoms with Crippen molar-refractivity contribution < 1.29 is 9.53 Å².